The number of rotatable bonds is 7. The van der Waals surface area contributed by atoms with Gasteiger partial charge in [0.1, 0.15) is 0 Å². The van der Waals surface area contributed by atoms with E-state index in [4.69, 9.17) is 0 Å². The Kier molecular flexibility index (Phi) is 8.58. The van der Waals surface area contributed by atoms with Crippen molar-refractivity contribution in [3.05, 3.63) is 235 Å². The second kappa shape index (κ2) is 14.2. The number of hydrogen-bond donors (Lipinski definition) is 0. The molecular weight excluding hydrogens is 735 g/mol. The summed E-state index contributed by atoms with van der Waals surface area (Å²) in [7, 11) is 0. The standard InChI is InChI=1S/C60H47N/c1-59(2)53-30-15-13-24-46(53)48-38-37-44(39-55(48)59)61(43-35-33-41(34-36-43)40-19-7-5-8-20-40)56-32-18-27-50(57(56)49-26-12-11-23-45(49)42-21-9-6-10-22-42)52-29-17-28-51-47-25-14-16-31-54(47)60(3,4)58(51)52/h5-39H,1-4H3. The van der Waals surface area contributed by atoms with Crippen molar-refractivity contribution in [1.82, 2.24) is 0 Å². The minimum atomic E-state index is -0.192. The number of fused-ring (bicyclic) bond motifs is 6. The van der Waals surface area contributed by atoms with Gasteiger partial charge in [0.05, 0.1) is 5.69 Å². The van der Waals surface area contributed by atoms with E-state index >= 15 is 0 Å². The molecule has 0 atom stereocenters. The Hall–Kier alpha value is -7.22. The smallest absolute Gasteiger partial charge is 0.0546 e. The Morgan fingerprint density at radius 1 is 0.295 bits per heavy atom. The average molecular weight is 782 g/mol. The van der Waals surface area contributed by atoms with Gasteiger partial charge < -0.3 is 4.90 Å². The first kappa shape index (κ1) is 36.8. The predicted octanol–water partition coefficient (Wildman–Crippen LogP) is 16.4. The topological polar surface area (TPSA) is 3.24 Å². The summed E-state index contributed by atoms with van der Waals surface area (Å²) in [4.78, 5) is 2.51. The van der Waals surface area contributed by atoms with E-state index in [1.165, 1.54) is 89.0 Å². The number of anilines is 3. The van der Waals surface area contributed by atoms with Gasteiger partial charge in [-0.15, -0.1) is 0 Å². The van der Waals surface area contributed by atoms with Crippen molar-refractivity contribution in [2.45, 2.75) is 38.5 Å². The third kappa shape index (κ3) is 5.83. The maximum Gasteiger partial charge on any atom is 0.0546 e. The van der Waals surface area contributed by atoms with Gasteiger partial charge in [-0.2, -0.15) is 0 Å². The van der Waals surface area contributed by atoms with Crippen LogP contribution in [0, 0.1) is 0 Å². The largest absolute Gasteiger partial charge is 0.310 e. The van der Waals surface area contributed by atoms with E-state index < -0.39 is 0 Å². The van der Waals surface area contributed by atoms with Crippen LogP contribution in [0.2, 0.25) is 0 Å². The molecule has 9 aromatic carbocycles. The summed E-state index contributed by atoms with van der Waals surface area (Å²) in [6.45, 7) is 9.54. The Bertz CT molecular complexity index is 3120. The van der Waals surface area contributed by atoms with Crippen molar-refractivity contribution in [3.63, 3.8) is 0 Å². The normalized spacial score (nSPS) is 13.8. The molecular formula is C60H47N. The summed E-state index contributed by atoms with van der Waals surface area (Å²) in [5, 5.41) is 0. The monoisotopic (exact) mass is 781 g/mol. The first-order chi connectivity index (χ1) is 29.8. The zero-order valence-corrected chi connectivity index (χ0v) is 35.2. The van der Waals surface area contributed by atoms with Crippen molar-refractivity contribution in [3.8, 4) is 66.8 Å². The molecule has 0 saturated heterocycles. The zero-order chi connectivity index (χ0) is 41.3. The highest BCUT2D eigenvalue weighted by Gasteiger charge is 2.39. The molecule has 0 bridgehead atoms. The minimum absolute atomic E-state index is 0.152. The molecule has 1 heteroatoms. The van der Waals surface area contributed by atoms with Crippen LogP contribution in [0.25, 0.3) is 66.8 Å². The van der Waals surface area contributed by atoms with Crippen LogP contribution >= 0.6 is 0 Å². The Morgan fingerprint density at radius 3 is 1.44 bits per heavy atom. The van der Waals surface area contributed by atoms with Gasteiger partial charge >= 0.3 is 0 Å². The highest BCUT2D eigenvalue weighted by Crippen LogP contribution is 2.56. The molecule has 0 saturated carbocycles. The van der Waals surface area contributed by atoms with Gasteiger partial charge in [-0.3, -0.25) is 0 Å². The Morgan fingerprint density at radius 2 is 0.754 bits per heavy atom. The molecule has 2 aliphatic rings. The molecule has 2 aliphatic carbocycles. The molecule has 0 spiro atoms. The fourth-order valence-electron chi connectivity index (χ4n) is 10.6. The third-order valence-electron chi connectivity index (χ3n) is 13.5. The van der Waals surface area contributed by atoms with Crippen molar-refractivity contribution >= 4 is 17.1 Å². The lowest BCUT2D eigenvalue weighted by atomic mass is 9.77. The summed E-state index contributed by atoms with van der Waals surface area (Å²) < 4.78 is 0. The van der Waals surface area contributed by atoms with E-state index in [9.17, 15) is 0 Å². The van der Waals surface area contributed by atoms with E-state index in [1.54, 1.807) is 0 Å². The molecule has 0 N–H and O–H groups in total. The number of nitrogens with zero attached hydrogens (tertiary/aromatic N) is 1. The molecule has 61 heavy (non-hydrogen) atoms. The fraction of sp³-hybridized carbons (Fsp3) is 0.100. The van der Waals surface area contributed by atoms with Gasteiger partial charge in [0.2, 0.25) is 0 Å². The van der Waals surface area contributed by atoms with E-state index in [0.717, 1.165) is 17.1 Å². The summed E-state index contributed by atoms with van der Waals surface area (Å²) in [5.41, 5.74) is 23.5. The molecule has 0 heterocycles. The molecule has 0 aromatic heterocycles. The van der Waals surface area contributed by atoms with Crippen LogP contribution in [0.4, 0.5) is 17.1 Å². The predicted molar refractivity (Wildman–Crippen MR) is 258 cm³/mol. The second-order valence-electron chi connectivity index (χ2n) is 17.7. The lowest BCUT2D eigenvalue weighted by Crippen LogP contribution is -2.17. The van der Waals surface area contributed by atoms with Crippen LogP contribution in [0.1, 0.15) is 49.9 Å². The number of benzene rings is 9. The Balaban J connectivity index is 1.21. The SMILES string of the molecule is CC1(C)c2ccccc2-c2ccc(N(c3ccc(-c4ccccc4)cc3)c3cccc(-c4cccc5c4C(C)(C)c4ccccc4-5)c3-c3ccccc3-c3ccccc3)cc21. The second-order valence-corrected chi connectivity index (χ2v) is 17.7. The zero-order valence-electron chi connectivity index (χ0n) is 35.2. The van der Waals surface area contributed by atoms with Gasteiger partial charge in [0.25, 0.3) is 0 Å². The van der Waals surface area contributed by atoms with Crippen molar-refractivity contribution in [2.24, 2.45) is 0 Å². The quantitative estimate of drug-likeness (QED) is 0.156. The van der Waals surface area contributed by atoms with Crippen LogP contribution in [0.15, 0.2) is 212 Å². The minimum Gasteiger partial charge on any atom is -0.310 e. The van der Waals surface area contributed by atoms with Gasteiger partial charge in [-0.25, -0.2) is 0 Å². The molecule has 0 fully saturated rings. The first-order valence-corrected chi connectivity index (χ1v) is 21.5. The highest BCUT2D eigenvalue weighted by atomic mass is 15.1. The average Bonchev–Trinajstić information content (AvgIpc) is 3.69. The molecule has 0 radical (unpaired) electrons. The summed E-state index contributed by atoms with van der Waals surface area (Å²) in [6, 6.07) is 78.6. The third-order valence-corrected chi connectivity index (χ3v) is 13.5. The first-order valence-electron chi connectivity index (χ1n) is 21.5. The van der Waals surface area contributed by atoms with Crippen LogP contribution in [0.3, 0.4) is 0 Å². The van der Waals surface area contributed by atoms with Crippen LogP contribution in [-0.4, -0.2) is 0 Å². The molecule has 11 rings (SSSR count). The van der Waals surface area contributed by atoms with E-state index in [2.05, 4.69) is 245 Å². The van der Waals surface area contributed by atoms with Gasteiger partial charge in [0, 0.05) is 27.8 Å². The molecule has 0 unspecified atom stereocenters. The van der Waals surface area contributed by atoms with Gasteiger partial charge in [-0.1, -0.05) is 210 Å². The molecule has 292 valence electrons. The van der Waals surface area contributed by atoms with E-state index in [0.29, 0.717) is 0 Å². The highest BCUT2D eigenvalue weighted by molar-refractivity contribution is 6.03. The van der Waals surface area contributed by atoms with Crippen LogP contribution in [0.5, 0.6) is 0 Å². The Labute approximate surface area is 360 Å². The maximum atomic E-state index is 2.51. The van der Waals surface area contributed by atoms with E-state index in [-0.39, 0.29) is 10.8 Å². The number of hydrogen-bond acceptors (Lipinski definition) is 1. The fourth-order valence-corrected chi connectivity index (χ4v) is 10.6. The van der Waals surface area contributed by atoms with E-state index in [1.807, 2.05) is 0 Å². The van der Waals surface area contributed by atoms with Crippen molar-refractivity contribution < 1.29 is 0 Å². The summed E-state index contributed by atoms with van der Waals surface area (Å²) >= 11 is 0. The molecule has 1 nitrogen and oxygen atoms in total. The lowest BCUT2D eigenvalue weighted by Gasteiger charge is -2.32. The summed E-state index contributed by atoms with van der Waals surface area (Å²) in [5.74, 6) is 0. The van der Waals surface area contributed by atoms with Crippen molar-refractivity contribution in [1.29, 1.82) is 0 Å². The van der Waals surface area contributed by atoms with Crippen molar-refractivity contribution in [2.75, 3.05) is 4.90 Å². The summed E-state index contributed by atoms with van der Waals surface area (Å²) in [6.07, 6.45) is 0. The molecule has 9 aromatic rings. The van der Waals surface area contributed by atoms with Crippen LogP contribution < -0.4 is 4.90 Å². The molecule has 0 aliphatic heterocycles. The van der Waals surface area contributed by atoms with Gasteiger partial charge in [-0.05, 0) is 114 Å². The van der Waals surface area contributed by atoms with Gasteiger partial charge in [0.15, 0.2) is 0 Å². The van der Waals surface area contributed by atoms with Crippen LogP contribution in [-0.2, 0) is 10.8 Å². The lowest BCUT2D eigenvalue weighted by molar-refractivity contribution is 0.660. The molecule has 0 amide bonds. The maximum absolute atomic E-state index is 2.51.